The molecule has 1 saturated heterocycles. The van der Waals surface area contributed by atoms with E-state index in [2.05, 4.69) is 4.90 Å². The zero-order valence-corrected chi connectivity index (χ0v) is 13.7. The van der Waals surface area contributed by atoms with Crippen molar-refractivity contribution in [3.63, 3.8) is 0 Å². The number of carbonyl (C=O) groups excluding carboxylic acids is 1. The lowest BCUT2D eigenvalue weighted by molar-refractivity contribution is -0.147. The molecule has 0 N–H and O–H groups in total. The molecule has 5 heteroatoms. The molecule has 2 rings (SSSR count). The van der Waals surface area contributed by atoms with E-state index in [-0.39, 0.29) is 29.8 Å². The second kappa shape index (κ2) is 7.68. The van der Waals surface area contributed by atoms with E-state index in [1.54, 1.807) is 14.2 Å². The molecule has 0 aromatic rings. The molecule has 122 valence electrons. The Labute approximate surface area is 127 Å². The van der Waals surface area contributed by atoms with Crippen molar-refractivity contribution in [2.75, 3.05) is 40.5 Å². The van der Waals surface area contributed by atoms with Gasteiger partial charge in [-0.1, -0.05) is 13.8 Å². The Morgan fingerprint density at radius 3 is 2.05 bits per heavy atom. The molecule has 0 bridgehead atoms. The SMILES string of the molecule is COC1CC(N2CCOCC2)CC(OC)C1C(=O)C(C)C. The molecule has 1 aliphatic carbocycles. The van der Waals surface area contributed by atoms with Crippen LogP contribution < -0.4 is 0 Å². The first kappa shape index (κ1) is 16.9. The fourth-order valence-electron chi connectivity index (χ4n) is 3.64. The summed E-state index contributed by atoms with van der Waals surface area (Å²) in [6, 6.07) is 0.417. The third kappa shape index (κ3) is 3.83. The summed E-state index contributed by atoms with van der Waals surface area (Å²) < 4.78 is 16.8. The highest BCUT2D eigenvalue weighted by molar-refractivity contribution is 5.84. The van der Waals surface area contributed by atoms with Crippen molar-refractivity contribution in [1.29, 1.82) is 0 Å². The highest BCUT2D eigenvalue weighted by atomic mass is 16.5. The smallest absolute Gasteiger partial charge is 0.143 e. The fraction of sp³-hybridized carbons (Fsp3) is 0.938. The zero-order chi connectivity index (χ0) is 15.4. The Bertz CT molecular complexity index is 327. The Kier molecular flexibility index (Phi) is 6.17. The number of methoxy groups -OCH3 is 2. The summed E-state index contributed by atoms with van der Waals surface area (Å²) >= 11 is 0. The highest BCUT2D eigenvalue weighted by Gasteiger charge is 2.44. The molecule has 1 heterocycles. The summed E-state index contributed by atoms with van der Waals surface area (Å²) in [6.07, 6.45) is 1.71. The van der Waals surface area contributed by atoms with Crippen LogP contribution in [-0.2, 0) is 19.0 Å². The Balaban J connectivity index is 2.10. The normalized spacial score (nSPS) is 35.1. The van der Waals surface area contributed by atoms with Crippen LogP contribution in [0.3, 0.4) is 0 Å². The van der Waals surface area contributed by atoms with Crippen molar-refractivity contribution < 1.29 is 19.0 Å². The van der Waals surface area contributed by atoms with Gasteiger partial charge in [0.1, 0.15) is 5.78 Å². The maximum atomic E-state index is 12.5. The van der Waals surface area contributed by atoms with Crippen molar-refractivity contribution >= 4 is 5.78 Å². The molecule has 1 saturated carbocycles. The highest BCUT2D eigenvalue weighted by Crippen LogP contribution is 2.34. The van der Waals surface area contributed by atoms with E-state index in [9.17, 15) is 4.79 Å². The van der Waals surface area contributed by atoms with E-state index in [1.165, 1.54) is 0 Å². The maximum Gasteiger partial charge on any atom is 0.143 e. The fourth-order valence-corrected chi connectivity index (χ4v) is 3.64. The van der Waals surface area contributed by atoms with E-state index in [0.717, 1.165) is 39.1 Å². The molecule has 2 unspecified atom stereocenters. The van der Waals surface area contributed by atoms with Crippen LogP contribution >= 0.6 is 0 Å². The third-order valence-corrected chi connectivity index (χ3v) is 4.87. The number of hydrogen-bond donors (Lipinski definition) is 0. The number of nitrogens with zero attached hydrogens (tertiary/aromatic N) is 1. The Hall–Kier alpha value is -0.490. The van der Waals surface area contributed by atoms with Gasteiger partial charge >= 0.3 is 0 Å². The van der Waals surface area contributed by atoms with Gasteiger partial charge in [0.25, 0.3) is 0 Å². The first-order valence-electron chi connectivity index (χ1n) is 7.99. The van der Waals surface area contributed by atoms with Crippen LogP contribution in [0.25, 0.3) is 0 Å². The summed E-state index contributed by atoms with van der Waals surface area (Å²) in [5.74, 6) is 0.136. The molecule has 0 aromatic heterocycles. The van der Waals surface area contributed by atoms with Crippen LogP contribution in [0, 0.1) is 11.8 Å². The van der Waals surface area contributed by atoms with Crippen LogP contribution in [0.1, 0.15) is 26.7 Å². The van der Waals surface area contributed by atoms with Gasteiger partial charge in [0, 0.05) is 39.3 Å². The summed E-state index contributed by atoms with van der Waals surface area (Å²) in [6.45, 7) is 7.41. The summed E-state index contributed by atoms with van der Waals surface area (Å²) in [7, 11) is 3.42. The number of morpholine rings is 1. The first-order chi connectivity index (χ1) is 10.1. The molecule has 5 nitrogen and oxygen atoms in total. The monoisotopic (exact) mass is 299 g/mol. The molecule has 1 aliphatic heterocycles. The second-order valence-electron chi connectivity index (χ2n) is 6.40. The average Bonchev–Trinajstić information content (AvgIpc) is 2.53. The molecule has 0 amide bonds. The lowest BCUT2D eigenvalue weighted by atomic mass is 9.75. The van der Waals surface area contributed by atoms with Gasteiger partial charge in [-0.15, -0.1) is 0 Å². The van der Waals surface area contributed by atoms with Crippen molar-refractivity contribution in [2.24, 2.45) is 11.8 Å². The van der Waals surface area contributed by atoms with Gasteiger partial charge in [-0.2, -0.15) is 0 Å². The maximum absolute atomic E-state index is 12.5. The second-order valence-corrected chi connectivity index (χ2v) is 6.40. The number of carbonyl (C=O) groups is 1. The van der Waals surface area contributed by atoms with Crippen LogP contribution in [0.4, 0.5) is 0 Å². The van der Waals surface area contributed by atoms with Crippen molar-refractivity contribution in [3.8, 4) is 0 Å². The molecule has 2 aliphatic rings. The largest absolute Gasteiger partial charge is 0.381 e. The first-order valence-corrected chi connectivity index (χ1v) is 7.99. The van der Waals surface area contributed by atoms with Crippen LogP contribution in [0.5, 0.6) is 0 Å². The number of ketones is 1. The van der Waals surface area contributed by atoms with Crippen LogP contribution in [0.2, 0.25) is 0 Å². The molecule has 21 heavy (non-hydrogen) atoms. The lowest BCUT2D eigenvalue weighted by Crippen LogP contribution is -2.55. The van der Waals surface area contributed by atoms with Gasteiger partial charge in [0.15, 0.2) is 0 Å². The third-order valence-electron chi connectivity index (χ3n) is 4.87. The number of hydrogen-bond acceptors (Lipinski definition) is 5. The molecule has 0 aromatic carbocycles. The number of rotatable bonds is 5. The molecule has 2 atom stereocenters. The van der Waals surface area contributed by atoms with Crippen molar-refractivity contribution in [1.82, 2.24) is 4.90 Å². The lowest BCUT2D eigenvalue weighted by Gasteiger charge is -2.45. The van der Waals surface area contributed by atoms with Gasteiger partial charge in [0.05, 0.1) is 31.3 Å². The van der Waals surface area contributed by atoms with E-state index in [4.69, 9.17) is 14.2 Å². The van der Waals surface area contributed by atoms with E-state index < -0.39 is 0 Å². The average molecular weight is 299 g/mol. The molecule has 0 spiro atoms. The van der Waals surface area contributed by atoms with Gasteiger partial charge < -0.3 is 14.2 Å². The minimum absolute atomic E-state index is 0.0187. The molecule has 0 radical (unpaired) electrons. The van der Waals surface area contributed by atoms with Gasteiger partial charge in [-0.3, -0.25) is 9.69 Å². The van der Waals surface area contributed by atoms with Crippen LogP contribution in [0.15, 0.2) is 0 Å². The number of ether oxygens (including phenoxy) is 3. The number of Topliss-reactive ketones (excluding diaryl/α,β-unsaturated/α-hetero) is 1. The molecular weight excluding hydrogens is 270 g/mol. The molecule has 2 fully saturated rings. The van der Waals surface area contributed by atoms with Gasteiger partial charge in [-0.25, -0.2) is 0 Å². The van der Waals surface area contributed by atoms with E-state index in [0.29, 0.717) is 6.04 Å². The minimum Gasteiger partial charge on any atom is -0.381 e. The van der Waals surface area contributed by atoms with E-state index in [1.807, 2.05) is 13.8 Å². The molecular formula is C16H29NO4. The predicted molar refractivity (Wildman–Crippen MR) is 80.3 cm³/mol. The summed E-state index contributed by atoms with van der Waals surface area (Å²) in [5, 5.41) is 0. The zero-order valence-electron chi connectivity index (χ0n) is 13.7. The van der Waals surface area contributed by atoms with Gasteiger partial charge in [0.2, 0.25) is 0 Å². The summed E-state index contributed by atoms with van der Waals surface area (Å²) in [5.41, 5.74) is 0. The van der Waals surface area contributed by atoms with Gasteiger partial charge in [-0.05, 0) is 12.8 Å². The quantitative estimate of drug-likeness (QED) is 0.767. The summed E-state index contributed by atoms with van der Waals surface area (Å²) in [4.78, 5) is 15.0. The predicted octanol–water partition coefficient (Wildman–Crippen LogP) is 1.35. The van der Waals surface area contributed by atoms with E-state index >= 15 is 0 Å². The topological polar surface area (TPSA) is 48.0 Å². The Morgan fingerprint density at radius 1 is 1.10 bits per heavy atom. The van der Waals surface area contributed by atoms with Crippen LogP contribution in [-0.4, -0.2) is 69.5 Å². The van der Waals surface area contributed by atoms with Crippen molar-refractivity contribution in [3.05, 3.63) is 0 Å². The van der Waals surface area contributed by atoms with Crippen molar-refractivity contribution in [2.45, 2.75) is 44.9 Å². The standard InChI is InChI=1S/C16H29NO4/c1-11(2)16(18)15-13(19-3)9-12(10-14(15)20-4)17-5-7-21-8-6-17/h11-15H,5-10H2,1-4H3. The Morgan fingerprint density at radius 2 is 1.62 bits per heavy atom. The minimum atomic E-state index is -0.141.